The fourth-order valence-corrected chi connectivity index (χ4v) is 5.05. The Labute approximate surface area is 127 Å². The van der Waals surface area contributed by atoms with E-state index in [0.29, 0.717) is 26.4 Å². The molecule has 1 saturated heterocycles. The highest BCUT2D eigenvalue weighted by molar-refractivity contribution is 6.53. The third-order valence-electron chi connectivity index (χ3n) is 2.56. The SMILES string of the molecule is CCO[Si](OCC)(OCC)OCC.C[Si]1CCCCO1. The first-order valence-electron chi connectivity index (χ1n) is 7.65. The fraction of sp³-hybridized carbons (Fsp3) is 1.00. The number of hydrogen-bond donors (Lipinski definition) is 0. The topological polar surface area (TPSA) is 46.2 Å². The van der Waals surface area contributed by atoms with Crippen LogP contribution in [0.2, 0.25) is 12.6 Å². The lowest BCUT2D eigenvalue weighted by Crippen LogP contribution is -2.49. The Balaban J connectivity index is 0.000000428. The van der Waals surface area contributed by atoms with Gasteiger partial charge in [-0.15, -0.1) is 0 Å². The van der Waals surface area contributed by atoms with Gasteiger partial charge < -0.3 is 22.1 Å². The van der Waals surface area contributed by atoms with Gasteiger partial charge in [0.1, 0.15) is 0 Å². The van der Waals surface area contributed by atoms with Crippen molar-refractivity contribution in [3.8, 4) is 0 Å². The molecule has 0 N–H and O–H groups in total. The van der Waals surface area contributed by atoms with Gasteiger partial charge in [-0.1, -0.05) is 6.42 Å². The molecule has 1 radical (unpaired) electrons. The highest BCUT2D eigenvalue weighted by Gasteiger charge is 2.44. The summed E-state index contributed by atoms with van der Waals surface area (Å²) < 4.78 is 27.1. The molecule has 0 amide bonds. The molecule has 0 aromatic heterocycles. The lowest BCUT2D eigenvalue weighted by atomic mass is 10.4. The van der Waals surface area contributed by atoms with E-state index < -0.39 is 9.05 Å². The smallest absolute Gasteiger partial charge is 0.417 e. The summed E-state index contributed by atoms with van der Waals surface area (Å²) in [6.07, 6.45) is 2.70. The molecule has 0 bridgehead atoms. The van der Waals surface area contributed by atoms with Crippen LogP contribution in [0.4, 0.5) is 0 Å². The standard InChI is InChI=1S/C8H20O4Si.C5H11OSi/c1-5-9-13(10-6-2,11-7-3)12-8-4;1-7-5-3-2-4-6-7/h5-8H2,1-4H3;2-5H2,1H3. The van der Waals surface area contributed by atoms with Crippen molar-refractivity contribution in [2.75, 3.05) is 33.0 Å². The Morgan fingerprint density at radius 2 is 1.30 bits per heavy atom. The van der Waals surface area contributed by atoms with Crippen LogP contribution in [0.15, 0.2) is 0 Å². The summed E-state index contributed by atoms with van der Waals surface area (Å²) in [5, 5.41) is 0. The molecule has 1 heterocycles. The Hall–Kier alpha value is 0.234. The maximum Gasteiger partial charge on any atom is 0.679 e. The molecule has 1 aliphatic rings. The van der Waals surface area contributed by atoms with Crippen molar-refractivity contribution in [1.82, 2.24) is 0 Å². The molecule has 1 aliphatic heterocycles. The van der Waals surface area contributed by atoms with E-state index in [1.165, 1.54) is 18.9 Å². The molecular weight excluding hydrogens is 292 g/mol. The average molecular weight is 324 g/mol. The summed E-state index contributed by atoms with van der Waals surface area (Å²) >= 11 is 0. The Morgan fingerprint density at radius 1 is 0.850 bits per heavy atom. The third-order valence-corrected chi connectivity index (χ3v) is 6.88. The van der Waals surface area contributed by atoms with E-state index in [-0.39, 0.29) is 9.04 Å². The van der Waals surface area contributed by atoms with Crippen molar-refractivity contribution < 1.29 is 22.1 Å². The number of rotatable bonds is 8. The first-order chi connectivity index (χ1) is 9.64. The van der Waals surface area contributed by atoms with Crippen molar-refractivity contribution in [3.63, 3.8) is 0 Å². The molecule has 121 valence electrons. The van der Waals surface area contributed by atoms with Crippen LogP contribution < -0.4 is 0 Å². The molecule has 20 heavy (non-hydrogen) atoms. The van der Waals surface area contributed by atoms with Crippen LogP contribution in [0.3, 0.4) is 0 Å². The van der Waals surface area contributed by atoms with Gasteiger partial charge in [0.2, 0.25) is 9.04 Å². The van der Waals surface area contributed by atoms with Gasteiger partial charge in [-0.25, -0.2) is 0 Å². The third kappa shape index (κ3) is 9.22. The van der Waals surface area contributed by atoms with Gasteiger partial charge in [0, 0.05) is 33.0 Å². The molecule has 0 saturated carbocycles. The van der Waals surface area contributed by atoms with Gasteiger partial charge in [-0.3, -0.25) is 0 Å². The molecule has 7 heteroatoms. The van der Waals surface area contributed by atoms with Crippen molar-refractivity contribution in [1.29, 1.82) is 0 Å². The minimum absolute atomic E-state index is 0.293. The second-order valence-electron chi connectivity index (χ2n) is 4.24. The molecule has 0 aliphatic carbocycles. The molecule has 0 atom stereocenters. The van der Waals surface area contributed by atoms with Crippen molar-refractivity contribution in [2.24, 2.45) is 0 Å². The predicted octanol–water partition coefficient (Wildman–Crippen LogP) is 2.99. The lowest BCUT2D eigenvalue weighted by molar-refractivity contribution is -0.0247. The van der Waals surface area contributed by atoms with E-state index in [1.807, 2.05) is 27.7 Å². The Bertz CT molecular complexity index is 183. The first kappa shape index (κ1) is 20.2. The van der Waals surface area contributed by atoms with Gasteiger partial charge in [-0.05, 0) is 46.7 Å². The highest BCUT2D eigenvalue weighted by Crippen LogP contribution is 2.11. The van der Waals surface area contributed by atoms with Gasteiger partial charge in [0.05, 0.1) is 0 Å². The second kappa shape index (κ2) is 12.9. The maximum absolute atomic E-state index is 5.42. The van der Waals surface area contributed by atoms with Crippen LogP contribution in [0.5, 0.6) is 0 Å². The number of hydrogen-bond acceptors (Lipinski definition) is 5. The Morgan fingerprint density at radius 3 is 1.50 bits per heavy atom. The monoisotopic (exact) mass is 323 g/mol. The first-order valence-corrected chi connectivity index (χ1v) is 11.4. The summed E-state index contributed by atoms with van der Waals surface area (Å²) in [4.78, 5) is 0. The van der Waals surface area contributed by atoms with Crippen molar-refractivity contribution >= 4 is 18.1 Å². The van der Waals surface area contributed by atoms with Crippen LogP contribution in [0.25, 0.3) is 0 Å². The molecule has 0 aromatic carbocycles. The van der Waals surface area contributed by atoms with Gasteiger partial charge >= 0.3 is 9.05 Å². The lowest BCUT2D eigenvalue weighted by Gasteiger charge is -2.26. The zero-order chi connectivity index (χ0) is 15.3. The largest absolute Gasteiger partial charge is 0.679 e. The van der Waals surface area contributed by atoms with E-state index in [1.54, 1.807) is 0 Å². The molecule has 0 aromatic rings. The molecular formula is C13H31O5Si2. The Kier molecular flexibility index (Phi) is 13.1. The summed E-state index contributed by atoms with van der Waals surface area (Å²) in [5.74, 6) is 0. The van der Waals surface area contributed by atoms with E-state index in [2.05, 4.69) is 6.55 Å². The van der Waals surface area contributed by atoms with E-state index in [4.69, 9.17) is 22.1 Å². The van der Waals surface area contributed by atoms with Gasteiger partial charge in [0.15, 0.2) is 0 Å². The van der Waals surface area contributed by atoms with Crippen LogP contribution in [-0.4, -0.2) is 51.1 Å². The van der Waals surface area contributed by atoms with Gasteiger partial charge in [0.25, 0.3) is 0 Å². The summed E-state index contributed by atoms with van der Waals surface area (Å²) in [5.41, 5.74) is 0. The quantitative estimate of drug-likeness (QED) is 0.643. The second-order valence-corrected chi connectivity index (χ2v) is 8.59. The highest BCUT2D eigenvalue weighted by atomic mass is 28.4. The maximum atomic E-state index is 5.42. The van der Waals surface area contributed by atoms with E-state index >= 15 is 0 Å². The zero-order valence-corrected chi connectivity index (χ0v) is 15.7. The van der Waals surface area contributed by atoms with E-state index in [0.717, 1.165) is 6.61 Å². The molecule has 0 spiro atoms. The summed E-state index contributed by atoms with van der Waals surface area (Å²) in [7, 11) is -3.09. The van der Waals surface area contributed by atoms with E-state index in [9.17, 15) is 0 Å². The van der Waals surface area contributed by atoms with Crippen molar-refractivity contribution in [3.05, 3.63) is 0 Å². The van der Waals surface area contributed by atoms with Crippen molar-refractivity contribution in [2.45, 2.75) is 53.1 Å². The molecule has 0 unspecified atom stereocenters. The predicted molar refractivity (Wildman–Crippen MR) is 83.9 cm³/mol. The van der Waals surface area contributed by atoms with Crippen LogP contribution in [0, 0.1) is 0 Å². The summed E-state index contributed by atoms with van der Waals surface area (Å²) in [6, 6.07) is 1.37. The van der Waals surface area contributed by atoms with Gasteiger partial charge in [-0.2, -0.15) is 0 Å². The van der Waals surface area contributed by atoms with Crippen LogP contribution in [-0.2, 0) is 22.1 Å². The molecule has 1 rings (SSSR count). The van der Waals surface area contributed by atoms with Crippen LogP contribution in [0.1, 0.15) is 40.5 Å². The molecule has 1 fully saturated rings. The minimum Gasteiger partial charge on any atom is -0.417 e. The minimum atomic E-state index is -2.80. The fourth-order valence-electron chi connectivity index (χ4n) is 1.75. The zero-order valence-electron chi connectivity index (χ0n) is 13.7. The normalized spacial score (nSPS) is 16.6. The molecule has 5 nitrogen and oxygen atoms in total. The van der Waals surface area contributed by atoms with Crippen LogP contribution >= 0.6 is 0 Å². The average Bonchev–Trinajstić information content (AvgIpc) is 2.41. The summed E-state index contributed by atoms with van der Waals surface area (Å²) in [6.45, 7) is 13.1.